The van der Waals surface area contributed by atoms with E-state index in [9.17, 15) is 4.79 Å². The Morgan fingerprint density at radius 3 is 1.92 bits per heavy atom. The number of carbonyl (C=O) groups is 1. The van der Waals surface area contributed by atoms with Crippen LogP contribution in [0.3, 0.4) is 0 Å². The lowest BCUT2D eigenvalue weighted by Gasteiger charge is -2.16. The number of hydrogen-bond donors (Lipinski definition) is 0. The number of benzene rings is 2. The van der Waals surface area contributed by atoms with Gasteiger partial charge in [0.05, 0.1) is 40.6 Å². The van der Waals surface area contributed by atoms with Gasteiger partial charge in [0, 0.05) is 5.56 Å². The van der Waals surface area contributed by atoms with Gasteiger partial charge < -0.3 is 23.7 Å². The van der Waals surface area contributed by atoms with Crippen LogP contribution in [0.2, 0.25) is 0 Å². The molecule has 0 amide bonds. The van der Waals surface area contributed by atoms with Crippen LogP contribution in [0.4, 0.5) is 0 Å². The smallest absolute Gasteiger partial charge is 0.338 e. The summed E-state index contributed by atoms with van der Waals surface area (Å²) in [6, 6.07) is 8.77. The molecule has 6 heteroatoms. The Bertz CT molecular complexity index is 754. The van der Waals surface area contributed by atoms with E-state index in [1.807, 2.05) is 6.07 Å². The lowest BCUT2D eigenvalue weighted by Crippen LogP contribution is -2.07. The molecule has 0 aromatic heterocycles. The molecule has 0 heterocycles. The molecule has 2 rings (SSSR count). The maximum Gasteiger partial charge on any atom is 0.338 e. The summed E-state index contributed by atoms with van der Waals surface area (Å²) in [5.41, 5.74) is 1.80. The van der Waals surface area contributed by atoms with Crippen LogP contribution < -0.4 is 18.9 Å². The van der Waals surface area contributed by atoms with Crippen molar-refractivity contribution < 1.29 is 28.5 Å². The molecule has 0 atom stereocenters. The van der Waals surface area contributed by atoms with Gasteiger partial charge in [-0.2, -0.15) is 0 Å². The normalized spacial score (nSPS) is 10.1. The summed E-state index contributed by atoms with van der Waals surface area (Å²) in [6.07, 6.45) is 0. The molecular formula is C19H22O6. The molecule has 2 aromatic carbocycles. The van der Waals surface area contributed by atoms with E-state index >= 15 is 0 Å². The molecule has 0 radical (unpaired) electrons. The zero-order valence-corrected chi connectivity index (χ0v) is 15.0. The molecule has 0 aliphatic rings. The van der Waals surface area contributed by atoms with Crippen LogP contribution in [0.1, 0.15) is 17.3 Å². The predicted molar refractivity (Wildman–Crippen MR) is 94.0 cm³/mol. The third-order valence-corrected chi connectivity index (χ3v) is 3.71. The maximum absolute atomic E-state index is 12.4. The van der Waals surface area contributed by atoms with E-state index in [-0.39, 0.29) is 6.61 Å². The third kappa shape index (κ3) is 3.79. The molecule has 134 valence electrons. The zero-order chi connectivity index (χ0) is 18.4. The minimum atomic E-state index is -0.437. The summed E-state index contributed by atoms with van der Waals surface area (Å²) in [4.78, 5) is 12.4. The van der Waals surface area contributed by atoms with E-state index in [2.05, 4.69) is 0 Å². The molecule has 2 aromatic rings. The van der Waals surface area contributed by atoms with E-state index in [1.54, 1.807) is 52.5 Å². The average molecular weight is 346 g/mol. The quantitative estimate of drug-likeness (QED) is 0.714. The Balaban J connectivity index is 2.67. The van der Waals surface area contributed by atoms with Crippen molar-refractivity contribution in [3.05, 3.63) is 35.9 Å². The highest BCUT2D eigenvalue weighted by Crippen LogP contribution is 2.39. The fraction of sp³-hybridized carbons (Fsp3) is 0.316. The second-order valence-electron chi connectivity index (χ2n) is 5.04. The minimum Gasteiger partial charge on any atom is -0.493 e. The molecule has 0 saturated carbocycles. The molecular weight excluding hydrogens is 324 g/mol. The van der Waals surface area contributed by atoms with E-state index < -0.39 is 5.97 Å². The first-order valence-corrected chi connectivity index (χ1v) is 7.75. The Morgan fingerprint density at radius 1 is 0.800 bits per heavy atom. The van der Waals surface area contributed by atoms with Gasteiger partial charge in [-0.05, 0) is 36.8 Å². The van der Waals surface area contributed by atoms with Gasteiger partial charge in [-0.1, -0.05) is 6.07 Å². The first kappa shape index (κ1) is 18.4. The molecule has 25 heavy (non-hydrogen) atoms. The number of methoxy groups -OCH3 is 4. The molecule has 0 unspecified atom stereocenters. The molecule has 0 N–H and O–H groups in total. The van der Waals surface area contributed by atoms with Gasteiger partial charge in [-0.3, -0.25) is 0 Å². The highest BCUT2D eigenvalue weighted by atomic mass is 16.5. The summed E-state index contributed by atoms with van der Waals surface area (Å²) in [6.45, 7) is 2.04. The van der Waals surface area contributed by atoms with Crippen LogP contribution in [0.15, 0.2) is 30.3 Å². The SMILES string of the molecule is CCOC(=O)c1cc(OC)c(OC)cc1-c1ccc(OC)c(OC)c1. The van der Waals surface area contributed by atoms with Crippen LogP contribution in [0.5, 0.6) is 23.0 Å². The van der Waals surface area contributed by atoms with Crippen molar-refractivity contribution in [2.45, 2.75) is 6.92 Å². The largest absolute Gasteiger partial charge is 0.493 e. The monoisotopic (exact) mass is 346 g/mol. The van der Waals surface area contributed by atoms with Crippen LogP contribution in [-0.2, 0) is 4.74 Å². The number of ether oxygens (including phenoxy) is 5. The summed E-state index contributed by atoms with van der Waals surface area (Å²) < 4.78 is 26.4. The van der Waals surface area contributed by atoms with Crippen molar-refractivity contribution in [1.29, 1.82) is 0 Å². The third-order valence-electron chi connectivity index (χ3n) is 3.71. The molecule has 0 fully saturated rings. The fourth-order valence-corrected chi connectivity index (χ4v) is 2.50. The van der Waals surface area contributed by atoms with E-state index in [0.29, 0.717) is 34.1 Å². The Labute approximate surface area is 147 Å². The summed E-state index contributed by atoms with van der Waals surface area (Å²) in [5.74, 6) is 1.69. The first-order chi connectivity index (χ1) is 12.1. The summed E-state index contributed by atoms with van der Waals surface area (Å²) in [5, 5.41) is 0. The second kappa shape index (κ2) is 8.28. The van der Waals surface area contributed by atoms with Gasteiger partial charge in [-0.15, -0.1) is 0 Å². The van der Waals surface area contributed by atoms with Crippen LogP contribution in [0.25, 0.3) is 11.1 Å². The van der Waals surface area contributed by atoms with E-state index in [1.165, 1.54) is 7.11 Å². The lowest BCUT2D eigenvalue weighted by molar-refractivity contribution is 0.0527. The molecule has 0 bridgehead atoms. The van der Waals surface area contributed by atoms with E-state index in [0.717, 1.165) is 5.56 Å². The van der Waals surface area contributed by atoms with Crippen molar-refractivity contribution in [2.24, 2.45) is 0 Å². The zero-order valence-electron chi connectivity index (χ0n) is 15.0. The molecule has 6 nitrogen and oxygen atoms in total. The van der Waals surface area contributed by atoms with Crippen molar-refractivity contribution >= 4 is 5.97 Å². The van der Waals surface area contributed by atoms with Gasteiger partial charge in [0.15, 0.2) is 23.0 Å². The Morgan fingerprint density at radius 2 is 1.36 bits per heavy atom. The number of rotatable bonds is 7. The molecule has 0 saturated heterocycles. The minimum absolute atomic E-state index is 0.276. The maximum atomic E-state index is 12.4. The topological polar surface area (TPSA) is 63.2 Å². The number of carbonyl (C=O) groups excluding carboxylic acids is 1. The molecule has 0 aliphatic heterocycles. The lowest BCUT2D eigenvalue weighted by atomic mass is 9.98. The van der Waals surface area contributed by atoms with Crippen LogP contribution >= 0.6 is 0 Å². The number of esters is 1. The van der Waals surface area contributed by atoms with Gasteiger partial charge in [-0.25, -0.2) is 4.79 Å². The highest BCUT2D eigenvalue weighted by molar-refractivity contribution is 5.98. The first-order valence-electron chi connectivity index (χ1n) is 7.75. The Kier molecular flexibility index (Phi) is 6.11. The van der Waals surface area contributed by atoms with Gasteiger partial charge in [0.2, 0.25) is 0 Å². The van der Waals surface area contributed by atoms with Gasteiger partial charge in [0.25, 0.3) is 0 Å². The summed E-state index contributed by atoms with van der Waals surface area (Å²) in [7, 11) is 6.18. The predicted octanol–water partition coefficient (Wildman–Crippen LogP) is 3.56. The molecule has 0 aliphatic carbocycles. The van der Waals surface area contributed by atoms with Crippen LogP contribution in [0, 0.1) is 0 Å². The van der Waals surface area contributed by atoms with Crippen molar-refractivity contribution in [3.63, 3.8) is 0 Å². The van der Waals surface area contributed by atoms with Crippen molar-refractivity contribution in [2.75, 3.05) is 35.0 Å². The van der Waals surface area contributed by atoms with Crippen molar-refractivity contribution in [1.82, 2.24) is 0 Å². The highest BCUT2D eigenvalue weighted by Gasteiger charge is 2.20. The van der Waals surface area contributed by atoms with Gasteiger partial charge >= 0.3 is 5.97 Å². The fourth-order valence-electron chi connectivity index (χ4n) is 2.50. The number of hydrogen-bond acceptors (Lipinski definition) is 6. The second-order valence-corrected chi connectivity index (χ2v) is 5.04. The summed E-state index contributed by atoms with van der Waals surface area (Å²) >= 11 is 0. The Hall–Kier alpha value is -2.89. The van der Waals surface area contributed by atoms with Gasteiger partial charge in [0.1, 0.15) is 0 Å². The van der Waals surface area contributed by atoms with E-state index in [4.69, 9.17) is 23.7 Å². The van der Waals surface area contributed by atoms with Crippen molar-refractivity contribution in [3.8, 4) is 34.1 Å². The standard InChI is InChI=1S/C19H22O6/c1-6-25-19(20)14-11-18(24-5)17(23-4)10-13(14)12-7-8-15(21-2)16(9-12)22-3/h7-11H,6H2,1-5H3. The van der Waals surface area contributed by atoms with Crippen LogP contribution in [-0.4, -0.2) is 41.0 Å². The average Bonchev–Trinajstić information content (AvgIpc) is 2.66. The molecule has 0 spiro atoms.